The number of aromatic nitrogens is 2. The first-order chi connectivity index (χ1) is 14.8. The Labute approximate surface area is 201 Å². The molecule has 2 heterocycles. The lowest BCUT2D eigenvalue weighted by Gasteiger charge is -2.11. The van der Waals surface area contributed by atoms with E-state index in [1.807, 2.05) is 35.0 Å². The van der Waals surface area contributed by atoms with Crippen LogP contribution in [0.15, 0.2) is 64.3 Å². The second-order valence-electron chi connectivity index (χ2n) is 7.03. The number of nitrogens with one attached hydrogen (secondary N) is 2. The van der Waals surface area contributed by atoms with Crippen molar-refractivity contribution < 1.29 is 9.15 Å². The van der Waals surface area contributed by atoms with Crippen LogP contribution in [0.4, 0.5) is 0 Å². The predicted octanol–water partition coefficient (Wildman–Crippen LogP) is 4.10. The molecule has 0 saturated carbocycles. The summed E-state index contributed by atoms with van der Waals surface area (Å²) in [6.07, 6.45) is 6.67. The number of rotatable bonds is 11. The smallest absolute Gasteiger partial charge is 0.190 e. The Balaban J connectivity index is 0.00000341. The largest absolute Gasteiger partial charge is 0.467 e. The number of hydrogen-bond acceptors (Lipinski definition) is 4. The van der Waals surface area contributed by atoms with Crippen LogP contribution in [0, 0.1) is 6.92 Å². The standard InChI is InChI=1S/C23H31N5O2.HI/c1-19-20(17-28(27-19)21-10-4-3-5-11-21)9-6-13-25-23(24-2)26-14-8-15-29-18-22-12-7-16-30-22;/h3-5,7,10-12,16-17H,6,8-9,13-15,18H2,1-2H3,(H2,24,25,26);1H. The van der Waals surface area contributed by atoms with E-state index < -0.39 is 0 Å². The average Bonchev–Trinajstić information content (AvgIpc) is 3.42. The van der Waals surface area contributed by atoms with Gasteiger partial charge in [-0.1, -0.05) is 18.2 Å². The van der Waals surface area contributed by atoms with Crippen LogP contribution in [-0.2, 0) is 17.8 Å². The quantitative estimate of drug-likeness (QED) is 0.167. The minimum absolute atomic E-state index is 0. The summed E-state index contributed by atoms with van der Waals surface area (Å²) in [5, 5.41) is 11.3. The highest BCUT2D eigenvalue weighted by atomic mass is 127. The van der Waals surface area contributed by atoms with E-state index in [2.05, 4.69) is 46.0 Å². The molecule has 3 aromatic rings. The molecule has 168 valence electrons. The fourth-order valence-corrected chi connectivity index (χ4v) is 3.11. The summed E-state index contributed by atoms with van der Waals surface area (Å²) in [6, 6.07) is 14.0. The van der Waals surface area contributed by atoms with E-state index in [9.17, 15) is 0 Å². The zero-order chi connectivity index (χ0) is 21.0. The number of benzene rings is 1. The van der Waals surface area contributed by atoms with Crippen molar-refractivity contribution in [1.29, 1.82) is 0 Å². The summed E-state index contributed by atoms with van der Waals surface area (Å²) in [5.41, 5.74) is 3.44. The first-order valence-corrected chi connectivity index (χ1v) is 10.4. The molecule has 0 amide bonds. The fraction of sp³-hybridized carbons (Fsp3) is 0.391. The van der Waals surface area contributed by atoms with Crippen LogP contribution in [0.3, 0.4) is 0 Å². The zero-order valence-corrected chi connectivity index (χ0v) is 20.5. The molecule has 0 aliphatic rings. The number of furan rings is 1. The molecule has 31 heavy (non-hydrogen) atoms. The third kappa shape index (κ3) is 8.37. The van der Waals surface area contributed by atoms with Gasteiger partial charge in [0.05, 0.1) is 17.6 Å². The topological polar surface area (TPSA) is 76.6 Å². The molecular weight excluding hydrogens is 505 g/mol. The van der Waals surface area contributed by atoms with Crippen LogP contribution in [0.25, 0.3) is 5.69 Å². The maximum absolute atomic E-state index is 5.58. The van der Waals surface area contributed by atoms with E-state index in [-0.39, 0.29) is 24.0 Å². The summed E-state index contributed by atoms with van der Waals surface area (Å²) in [7, 11) is 1.79. The normalized spacial score (nSPS) is 11.2. The van der Waals surface area contributed by atoms with Crippen molar-refractivity contribution in [2.45, 2.75) is 32.8 Å². The van der Waals surface area contributed by atoms with Gasteiger partial charge in [0.15, 0.2) is 5.96 Å². The zero-order valence-electron chi connectivity index (χ0n) is 18.2. The lowest BCUT2D eigenvalue weighted by Crippen LogP contribution is -2.38. The minimum atomic E-state index is 0. The minimum Gasteiger partial charge on any atom is -0.467 e. The molecule has 8 heteroatoms. The van der Waals surface area contributed by atoms with Crippen LogP contribution in [0.5, 0.6) is 0 Å². The Kier molecular flexibility index (Phi) is 11.2. The van der Waals surface area contributed by atoms with Gasteiger partial charge in [-0.25, -0.2) is 4.68 Å². The van der Waals surface area contributed by atoms with E-state index in [0.717, 1.165) is 55.5 Å². The number of guanidine groups is 1. The summed E-state index contributed by atoms with van der Waals surface area (Å²) in [6.45, 7) is 4.91. The SMILES string of the molecule is CN=C(NCCCOCc1ccco1)NCCCc1cn(-c2ccccc2)nc1C.I. The van der Waals surface area contributed by atoms with Gasteiger partial charge in [0, 0.05) is 32.9 Å². The summed E-state index contributed by atoms with van der Waals surface area (Å²) in [4.78, 5) is 4.27. The van der Waals surface area contributed by atoms with Gasteiger partial charge in [0.2, 0.25) is 0 Å². The number of ether oxygens (including phenoxy) is 1. The first-order valence-electron chi connectivity index (χ1n) is 10.4. The maximum atomic E-state index is 5.58. The molecule has 2 aromatic heterocycles. The van der Waals surface area contributed by atoms with Crippen molar-refractivity contribution in [2.24, 2.45) is 4.99 Å². The van der Waals surface area contributed by atoms with Gasteiger partial charge in [-0.05, 0) is 56.0 Å². The third-order valence-electron chi connectivity index (χ3n) is 4.74. The molecule has 0 saturated heterocycles. The molecule has 0 atom stereocenters. The van der Waals surface area contributed by atoms with Crippen LogP contribution < -0.4 is 10.6 Å². The molecule has 0 unspecified atom stereocenters. The highest BCUT2D eigenvalue weighted by Crippen LogP contribution is 2.13. The number of aliphatic imine (C=N–C) groups is 1. The number of para-hydroxylation sites is 1. The van der Waals surface area contributed by atoms with Gasteiger partial charge >= 0.3 is 0 Å². The third-order valence-corrected chi connectivity index (χ3v) is 4.74. The molecular formula is C23H32IN5O2. The highest BCUT2D eigenvalue weighted by molar-refractivity contribution is 14.0. The fourth-order valence-electron chi connectivity index (χ4n) is 3.11. The van der Waals surface area contributed by atoms with Crippen molar-refractivity contribution in [1.82, 2.24) is 20.4 Å². The molecule has 0 radical (unpaired) electrons. The molecule has 2 N–H and O–H groups in total. The van der Waals surface area contributed by atoms with Crippen molar-refractivity contribution in [3.05, 3.63) is 71.9 Å². The Morgan fingerprint density at radius 3 is 2.58 bits per heavy atom. The van der Waals surface area contributed by atoms with Crippen LogP contribution in [-0.4, -0.2) is 42.5 Å². The number of halogens is 1. The average molecular weight is 537 g/mol. The molecule has 0 aliphatic carbocycles. The van der Waals surface area contributed by atoms with E-state index >= 15 is 0 Å². The predicted molar refractivity (Wildman–Crippen MR) is 134 cm³/mol. The molecule has 3 rings (SSSR count). The number of nitrogens with zero attached hydrogens (tertiary/aromatic N) is 3. The van der Waals surface area contributed by atoms with Crippen LogP contribution in [0.2, 0.25) is 0 Å². The Bertz CT molecular complexity index is 894. The van der Waals surface area contributed by atoms with Gasteiger partial charge in [0.25, 0.3) is 0 Å². The molecule has 0 aliphatic heterocycles. The second-order valence-corrected chi connectivity index (χ2v) is 7.03. The van der Waals surface area contributed by atoms with Crippen LogP contribution >= 0.6 is 24.0 Å². The second kappa shape index (κ2) is 13.9. The summed E-state index contributed by atoms with van der Waals surface area (Å²) in [5.74, 6) is 1.67. The van der Waals surface area contributed by atoms with E-state index in [0.29, 0.717) is 13.2 Å². The number of hydrogen-bond donors (Lipinski definition) is 2. The molecule has 1 aromatic carbocycles. The molecule has 0 spiro atoms. The van der Waals surface area contributed by atoms with E-state index in [1.165, 1.54) is 5.56 Å². The lowest BCUT2D eigenvalue weighted by molar-refractivity contribution is 0.105. The lowest BCUT2D eigenvalue weighted by atomic mass is 10.1. The van der Waals surface area contributed by atoms with Gasteiger partial charge in [-0.3, -0.25) is 4.99 Å². The Morgan fingerprint density at radius 1 is 1.10 bits per heavy atom. The van der Waals surface area contributed by atoms with Gasteiger partial charge in [0.1, 0.15) is 12.4 Å². The van der Waals surface area contributed by atoms with Gasteiger partial charge in [-0.15, -0.1) is 24.0 Å². The van der Waals surface area contributed by atoms with Crippen molar-refractivity contribution >= 4 is 29.9 Å². The van der Waals surface area contributed by atoms with Gasteiger partial charge in [-0.2, -0.15) is 5.10 Å². The Hall–Kier alpha value is -2.33. The summed E-state index contributed by atoms with van der Waals surface area (Å²) < 4.78 is 12.8. The Morgan fingerprint density at radius 2 is 1.87 bits per heavy atom. The van der Waals surface area contributed by atoms with Gasteiger partial charge < -0.3 is 19.8 Å². The maximum Gasteiger partial charge on any atom is 0.190 e. The van der Waals surface area contributed by atoms with E-state index in [4.69, 9.17) is 9.15 Å². The van der Waals surface area contributed by atoms with Crippen molar-refractivity contribution in [3.63, 3.8) is 0 Å². The molecule has 7 nitrogen and oxygen atoms in total. The van der Waals surface area contributed by atoms with Crippen LogP contribution in [0.1, 0.15) is 29.9 Å². The molecule has 0 fully saturated rings. The summed E-state index contributed by atoms with van der Waals surface area (Å²) >= 11 is 0. The van der Waals surface area contributed by atoms with Crippen molar-refractivity contribution in [3.8, 4) is 5.69 Å². The molecule has 0 bridgehead atoms. The highest BCUT2D eigenvalue weighted by Gasteiger charge is 2.06. The number of aryl methyl sites for hydroxylation is 2. The van der Waals surface area contributed by atoms with Crippen molar-refractivity contribution in [2.75, 3.05) is 26.7 Å². The first kappa shape index (κ1) is 24.9. The monoisotopic (exact) mass is 537 g/mol. The van der Waals surface area contributed by atoms with E-state index in [1.54, 1.807) is 13.3 Å².